The molecule has 7 nitrogen and oxygen atoms in total. The fourth-order valence-corrected chi connectivity index (χ4v) is 5.55. The zero-order chi connectivity index (χ0) is 19.7. The molecule has 1 aromatic heterocycles. The number of piperidine rings is 1. The Morgan fingerprint density at radius 2 is 1.93 bits per heavy atom. The van der Waals surface area contributed by atoms with E-state index in [4.69, 9.17) is 9.97 Å². The van der Waals surface area contributed by atoms with Gasteiger partial charge >= 0.3 is 0 Å². The fourth-order valence-electron chi connectivity index (χ4n) is 4.12. The highest BCUT2D eigenvalue weighted by Crippen LogP contribution is 2.31. The lowest BCUT2D eigenvalue weighted by Crippen LogP contribution is -2.37. The Morgan fingerprint density at radius 3 is 2.64 bits per heavy atom. The van der Waals surface area contributed by atoms with Crippen molar-refractivity contribution in [2.75, 3.05) is 39.0 Å². The maximum atomic E-state index is 13.0. The summed E-state index contributed by atoms with van der Waals surface area (Å²) in [5.74, 6) is 1.97. The molecule has 2 aliphatic rings. The van der Waals surface area contributed by atoms with Crippen molar-refractivity contribution >= 4 is 15.8 Å². The minimum Gasteiger partial charge on any atom is -0.373 e. The molecule has 1 fully saturated rings. The molecule has 8 heteroatoms. The number of hydrogen-bond donors (Lipinski definition) is 1. The number of aromatic nitrogens is 2. The van der Waals surface area contributed by atoms with Gasteiger partial charge in [-0.15, -0.1) is 0 Å². The van der Waals surface area contributed by atoms with Crippen LogP contribution in [0, 0.1) is 0 Å². The number of anilines is 1. The first-order valence-electron chi connectivity index (χ1n) is 9.80. The van der Waals surface area contributed by atoms with Crippen LogP contribution in [-0.4, -0.2) is 61.3 Å². The number of nitrogens with one attached hydrogen (secondary N) is 1. The molecular weight excluding hydrogens is 374 g/mol. The number of rotatable bonds is 4. The molecule has 2 aromatic rings. The van der Waals surface area contributed by atoms with E-state index in [0.717, 1.165) is 48.8 Å². The van der Waals surface area contributed by atoms with Crippen molar-refractivity contribution in [3.63, 3.8) is 0 Å². The molecule has 0 spiro atoms. The molecule has 28 heavy (non-hydrogen) atoms. The van der Waals surface area contributed by atoms with Crippen molar-refractivity contribution in [2.24, 2.45) is 0 Å². The van der Waals surface area contributed by atoms with E-state index in [0.29, 0.717) is 30.3 Å². The first kappa shape index (κ1) is 19.3. The summed E-state index contributed by atoms with van der Waals surface area (Å²) in [5, 5.41) is 3.17. The third-order valence-electron chi connectivity index (χ3n) is 5.65. The molecule has 0 amide bonds. The Hall–Kier alpha value is -2.03. The summed E-state index contributed by atoms with van der Waals surface area (Å²) in [5.41, 5.74) is 1.86. The van der Waals surface area contributed by atoms with Crippen LogP contribution in [0.1, 0.15) is 35.8 Å². The van der Waals surface area contributed by atoms with E-state index >= 15 is 0 Å². The van der Waals surface area contributed by atoms with Crippen LogP contribution in [0.15, 0.2) is 35.2 Å². The summed E-state index contributed by atoms with van der Waals surface area (Å²) in [4.78, 5) is 12.3. The van der Waals surface area contributed by atoms with Crippen molar-refractivity contribution in [2.45, 2.75) is 36.6 Å². The van der Waals surface area contributed by atoms with E-state index in [1.807, 2.05) is 13.1 Å². The van der Waals surface area contributed by atoms with Crippen LogP contribution < -0.4 is 5.32 Å². The summed E-state index contributed by atoms with van der Waals surface area (Å²) >= 11 is 0. The van der Waals surface area contributed by atoms with Gasteiger partial charge in [-0.2, -0.15) is 4.31 Å². The summed E-state index contributed by atoms with van der Waals surface area (Å²) in [6, 6.07) is 8.61. The first-order valence-corrected chi connectivity index (χ1v) is 11.2. The molecule has 4 rings (SSSR count). The van der Waals surface area contributed by atoms with Gasteiger partial charge in [0.15, 0.2) is 0 Å². The second-order valence-corrected chi connectivity index (χ2v) is 9.55. The van der Waals surface area contributed by atoms with Crippen LogP contribution in [0.3, 0.4) is 0 Å². The monoisotopic (exact) mass is 401 g/mol. The van der Waals surface area contributed by atoms with E-state index in [-0.39, 0.29) is 0 Å². The van der Waals surface area contributed by atoms with E-state index in [1.54, 1.807) is 24.3 Å². The minimum absolute atomic E-state index is 0.299. The molecular formula is C20H27N5O2S. The Kier molecular flexibility index (Phi) is 5.35. The molecule has 0 bridgehead atoms. The molecule has 1 unspecified atom stereocenters. The molecule has 3 heterocycles. The molecule has 0 saturated carbocycles. The van der Waals surface area contributed by atoms with Gasteiger partial charge in [0.1, 0.15) is 11.6 Å². The maximum absolute atomic E-state index is 13.0. The van der Waals surface area contributed by atoms with E-state index in [1.165, 1.54) is 4.31 Å². The van der Waals surface area contributed by atoms with Gasteiger partial charge in [-0.1, -0.05) is 18.2 Å². The number of fused-ring (bicyclic) bond motifs is 1. The number of sulfonamides is 1. The maximum Gasteiger partial charge on any atom is 0.243 e. The summed E-state index contributed by atoms with van der Waals surface area (Å²) < 4.78 is 27.5. The number of likely N-dealkylation sites (N-methyl/N-ethyl adjacent to an activating group) is 1. The normalized spacial score (nSPS) is 21.3. The number of benzene rings is 1. The summed E-state index contributed by atoms with van der Waals surface area (Å²) in [6.07, 6.45) is 2.86. The van der Waals surface area contributed by atoms with Gasteiger partial charge < -0.3 is 10.2 Å². The minimum atomic E-state index is -3.52. The van der Waals surface area contributed by atoms with E-state index in [9.17, 15) is 8.42 Å². The average Bonchev–Trinajstić information content (AvgIpc) is 2.73. The smallest absolute Gasteiger partial charge is 0.243 e. The molecule has 150 valence electrons. The Bertz CT molecular complexity index is 931. The highest BCUT2D eigenvalue weighted by Gasteiger charge is 2.32. The molecule has 1 aromatic carbocycles. The molecule has 1 N–H and O–H groups in total. The van der Waals surface area contributed by atoms with Gasteiger partial charge in [-0.05, 0) is 38.6 Å². The molecule has 1 saturated heterocycles. The van der Waals surface area contributed by atoms with Crippen molar-refractivity contribution in [3.05, 3.63) is 47.4 Å². The SMILES string of the molecule is CNc1nc(C2CCCN(C)C2)nc2c1CN(S(=O)(=O)c1ccccc1)CC2. The van der Waals surface area contributed by atoms with Gasteiger partial charge in [-0.25, -0.2) is 18.4 Å². The fraction of sp³-hybridized carbons (Fsp3) is 0.500. The lowest BCUT2D eigenvalue weighted by molar-refractivity contribution is 0.245. The standard InChI is InChI=1S/C20H27N5O2S/c1-21-20-17-14-25(28(26,27)16-8-4-3-5-9-16)12-10-18(17)22-19(23-20)15-7-6-11-24(2)13-15/h3-5,8-9,15H,6-7,10-14H2,1-2H3,(H,21,22,23). The summed E-state index contributed by atoms with van der Waals surface area (Å²) in [6.45, 7) is 2.82. The van der Waals surface area contributed by atoms with Crippen molar-refractivity contribution in [1.82, 2.24) is 19.2 Å². The molecule has 0 radical (unpaired) electrons. The number of hydrogen-bond acceptors (Lipinski definition) is 6. The molecule has 0 aliphatic carbocycles. The van der Waals surface area contributed by atoms with Crippen LogP contribution in [0.2, 0.25) is 0 Å². The van der Waals surface area contributed by atoms with Crippen LogP contribution in [0.4, 0.5) is 5.82 Å². The zero-order valence-corrected chi connectivity index (χ0v) is 17.2. The Balaban J connectivity index is 1.64. The van der Waals surface area contributed by atoms with Crippen LogP contribution in [0.5, 0.6) is 0 Å². The largest absolute Gasteiger partial charge is 0.373 e. The van der Waals surface area contributed by atoms with Gasteiger partial charge in [0.05, 0.1) is 10.6 Å². The van der Waals surface area contributed by atoms with Crippen LogP contribution in [-0.2, 0) is 23.0 Å². The first-order chi connectivity index (χ1) is 13.5. The van der Waals surface area contributed by atoms with E-state index < -0.39 is 10.0 Å². The Morgan fingerprint density at radius 1 is 1.14 bits per heavy atom. The van der Waals surface area contributed by atoms with Gasteiger partial charge in [-0.3, -0.25) is 0 Å². The zero-order valence-electron chi connectivity index (χ0n) is 16.4. The third kappa shape index (κ3) is 3.64. The van der Waals surface area contributed by atoms with Gasteiger partial charge in [0.25, 0.3) is 0 Å². The lowest BCUT2D eigenvalue weighted by atomic mass is 9.97. The lowest BCUT2D eigenvalue weighted by Gasteiger charge is -2.31. The van der Waals surface area contributed by atoms with Crippen LogP contribution in [0.25, 0.3) is 0 Å². The van der Waals surface area contributed by atoms with Crippen molar-refractivity contribution in [3.8, 4) is 0 Å². The average molecular weight is 402 g/mol. The van der Waals surface area contributed by atoms with Crippen molar-refractivity contribution < 1.29 is 8.42 Å². The van der Waals surface area contributed by atoms with Crippen LogP contribution >= 0.6 is 0 Å². The highest BCUT2D eigenvalue weighted by atomic mass is 32.2. The van der Waals surface area contributed by atoms with E-state index in [2.05, 4.69) is 17.3 Å². The summed E-state index contributed by atoms with van der Waals surface area (Å²) in [7, 11) is 0.448. The van der Waals surface area contributed by atoms with Gasteiger partial charge in [0, 0.05) is 44.6 Å². The second-order valence-electron chi connectivity index (χ2n) is 7.61. The second kappa shape index (κ2) is 7.77. The molecule has 2 aliphatic heterocycles. The number of nitrogens with zero attached hydrogens (tertiary/aromatic N) is 4. The number of likely N-dealkylation sites (tertiary alicyclic amines) is 1. The Labute approximate surface area is 166 Å². The van der Waals surface area contributed by atoms with Gasteiger partial charge in [0.2, 0.25) is 10.0 Å². The highest BCUT2D eigenvalue weighted by molar-refractivity contribution is 7.89. The topological polar surface area (TPSA) is 78.4 Å². The predicted octanol–water partition coefficient (Wildman–Crippen LogP) is 2.07. The quantitative estimate of drug-likeness (QED) is 0.845. The molecule has 1 atom stereocenters. The van der Waals surface area contributed by atoms with Crippen molar-refractivity contribution in [1.29, 1.82) is 0 Å². The predicted molar refractivity (Wildman–Crippen MR) is 109 cm³/mol. The third-order valence-corrected chi connectivity index (χ3v) is 7.51.